The van der Waals surface area contributed by atoms with Crippen LogP contribution in [-0.2, 0) is 0 Å². The molecule has 1 aromatic rings. The van der Waals surface area contributed by atoms with Crippen molar-refractivity contribution < 1.29 is 13.2 Å². The maximum Gasteiger partial charge on any atom is 0.408 e. The van der Waals surface area contributed by atoms with Crippen molar-refractivity contribution in [1.29, 1.82) is 0 Å². The summed E-state index contributed by atoms with van der Waals surface area (Å²) in [4.78, 5) is 7.72. The molecular weight excluding hydrogens is 275 g/mol. The number of aromatic nitrogens is 2. The Labute approximate surface area is 93.2 Å². The van der Waals surface area contributed by atoms with Crippen molar-refractivity contribution in [3.63, 3.8) is 0 Å². The SMILES string of the molecule is Cc1nc(Br)cc(NC(C)C(F)(F)F)n1. The molecule has 0 bridgehead atoms. The zero-order valence-corrected chi connectivity index (χ0v) is 9.65. The average Bonchev–Trinajstić information content (AvgIpc) is 1.99. The Morgan fingerprint density at radius 1 is 1.40 bits per heavy atom. The summed E-state index contributed by atoms with van der Waals surface area (Å²) < 4.78 is 37.1. The molecule has 1 atom stereocenters. The molecule has 0 aliphatic carbocycles. The minimum Gasteiger partial charge on any atom is -0.359 e. The summed E-state index contributed by atoms with van der Waals surface area (Å²) >= 11 is 3.08. The van der Waals surface area contributed by atoms with E-state index in [-0.39, 0.29) is 5.82 Å². The summed E-state index contributed by atoms with van der Waals surface area (Å²) in [5.74, 6) is 0.556. The zero-order valence-electron chi connectivity index (χ0n) is 8.06. The third kappa shape index (κ3) is 3.65. The van der Waals surface area contributed by atoms with E-state index in [9.17, 15) is 13.2 Å². The van der Waals surface area contributed by atoms with E-state index in [1.165, 1.54) is 6.07 Å². The van der Waals surface area contributed by atoms with E-state index in [0.29, 0.717) is 10.4 Å². The van der Waals surface area contributed by atoms with E-state index >= 15 is 0 Å². The predicted molar refractivity (Wildman–Crippen MR) is 53.6 cm³/mol. The lowest BCUT2D eigenvalue weighted by molar-refractivity contribution is -0.138. The van der Waals surface area contributed by atoms with Crippen molar-refractivity contribution in [2.75, 3.05) is 5.32 Å². The van der Waals surface area contributed by atoms with Gasteiger partial charge in [0.2, 0.25) is 0 Å². The summed E-state index contributed by atoms with van der Waals surface area (Å²) in [6, 6.07) is -0.242. The minimum atomic E-state index is -4.29. The van der Waals surface area contributed by atoms with E-state index in [4.69, 9.17) is 0 Å². The molecule has 1 unspecified atom stereocenters. The molecule has 84 valence electrons. The molecule has 0 aromatic carbocycles. The predicted octanol–water partition coefficient (Wildman–Crippen LogP) is 2.91. The Balaban J connectivity index is 2.81. The molecule has 15 heavy (non-hydrogen) atoms. The van der Waals surface area contributed by atoms with Gasteiger partial charge in [-0.05, 0) is 29.8 Å². The van der Waals surface area contributed by atoms with Gasteiger partial charge in [0, 0.05) is 6.07 Å². The first-order valence-electron chi connectivity index (χ1n) is 4.13. The fraction of sp³-hybridized carbons (Fsp3) is 0.500. The topological polar surface area (TPSA) is 37.8 Å². The molecule has 0 radical (unpaired) electrons. The normalized spacial score (nSPS) is 13.7. The third-order valence-corrected chi connectivity index (χ3v) is 2.07. The molecule has 0 spiro atoms. The van der Waals surface area contributed by atoms with Gasteiger partial charge < -0.3 is 5.32 Å². The number of aryl methyl sites for hydroxylation is 1. The standard InChI is InChI=1S/C8H9BrF3N3/c1-4(8(10,11)12)13-7-3-6(9)14-5(2)15-7/h3-4H,1-2H3,(H,13,14,15). The molecule has 3 nitrogen and oxygen atoms in total. The summed E-state index contributed by atoms with van der Waals surface area (Å²) in [5, 5.41) is 2.26. The number of hydrogen-bond acceptors (Lipinski definition) is 3. The lowest BCUT2D eigenvalue weighted by atomic mass is 10.3. The monoisotopic (exact) mass is 283 g/mol. The molecule has 0 amide bonds. The van der Waals surface area contributed by atoms with Crippen molar-refractivity contribution in [1.82, 2.24) is 9.97 Å². The van der Waals surface area contributed by atoms with E-state index < -0.39 is 12.2 Å². The van der Waals surface area contributed by atoms with Gasteiger partial charge in [-0.25, -0.2) is 9.97 Å². The van der Waals surface area contributed by atoms with Crippen molar-refractivity contribution in [3.05, 3.63) is 16.5 Å². The quantitative estimate of drug-likeness (QED) is 0.848. The Hall–Kier alpha value is -0.850. The van der Waals surface area contributed by atoms with Crippen molar-refractivity contribution in [2.45, 2.75) is 26.1 Å². The Bertz CT molecular complexity index is 333. The van der Waals surface area contributed by atoms with Gasteiger partial charge in [-0.2, -0.15) is 13.2 Å². The maximum absolute atomic E-state index is 12.2. The highest BCUT2D eigenvalue weighted by Gasteiger charge is 2.36. The molecule has 1 N–H and O–H groups in total. The molecule has 0 saturated heterocycles. The van der Waals surface area contributed by atoms with Gasteiger partial charge in [-0.1, -0.05) is 0 Å². The number of hydrogen-bond donors (Lipinski definition) is 1. The van der Waals surface area contributed by atoms with Crippen LogP contribution < -0.4 is 5.32 Å². The molecule has 0 saturated carbocycles. The molecular formula is C8H9BrF3N3. The Kier molecular flexibility index (Phi) is 3.54. The Morgan fingerprint density at radius 2 is 2.00 bits per heavy atom. The fourth-order valence-corrected chi connectivity index (χ4v) is 1.38. The maximum atomic E-state index is 12.2. The van der Waals surface area contributed by atoms with E-state index in [1.807, 2.05) is 0 Å². The van der Waals surface area contributed by atoms with Crippen LogP contribution in [0.3, 0.4) is 0 Å². The summed E-state index contributed by atoms with van der Waals surface area (Å²) in [5.41, 5.74) is 0. The highest BCUT2D eigenvalue weighted by Crippen LogP contribution is 2.23. The van der Waals surface area contributed by atoms with E-state index in [1.54, 1.807) is 6.92 Å². The van der Waals surface area contributed by atoms with Crippen LogP contribution >= 0.6 is 15.9 Å². The number of rotatable bonds is 2. The number of nitrogens with zero attached hydrogens (tertiary/aromatic N) is 2. The molecule has 0 fully saturated rings. The number of nitrogens with one attached hydrogen (secondary N) is 1. The summed E-state index contributed by atoms with van der Waals surface area (Å²) in [6.07, 6.45) is -4.29. The second-order valence-electron chi connectivity index (χ2n) is 3.03. The first-order valence-corrected chi connectivity index (χ1v) is 4.93. The lowest BCUT2D eigenvalue weighted by Crippen LogP contribution is -2.33. The van der Waals surface area contributed by atoms with Crippen LogP contribution in [0, 0.1) is 6.92 Å². The first kappa shape index (κ1) is 12.2. The molecule has 0 aliphatic heterocycles. The molecule has 1 heterocycles. The van der Waals surface area contributed by atoms with Crippen LogP contribution in [0.2, 0.25) is 0 Å². The van der Waals surface area contributed by atoms with Crippen LogP contribution in [0.25, 0.3) is 0 Å². The van der Waals surface area contributed by atoms with Gasteiger partial charge in [0.05, 0.1) is 0 Å². The van der Waals surface area contributed by atoms with E-state index in [0.717, 1.165) is 6.92 Å². The molecule has 1 rings (SSSR count). The average molecular weight is 284 g/mol. The summed E-state index contributed by atoms with van der Waals surface area (Å²) in [6.45, 7) is 2.64. The highest BCUT2D eigenvalue weighted by atomic mass is 79.9. The van der Waals surface area contributed by atoms with Crippen LogP contribution in [0.4, 0.5) is 19.0 Å². The Morgan fingerprint density at radius 3 is 2.47 bits per heavy atom. The zero-order chi connectivity index (χ0) is 11.6. The molecule has 1 aromatic heterocycles. The number of anilines is 1. The van der Waals surface area contributed by atoms with Gasteiger partial charge in [0.1, 0.15) is 22.3 Å². The summed E-state index contributed by atoms with van der Waals surface area (Å²) in [7, 11) is 0. The van der Waals surface area contributed by atoms with Crippen LogP contribution in [0.15, 0.2) is 10.7 Å². The smallest absolute Gasteiger partial charge is 0.359 e. The molecule has 7 heteroatoms. The van der Waals surface area contributed by atoms with Crippen LogP contribution in [0.1, 0.15) is 12.7 Å². The van der Waals surface area contributed by atoms with Crippen LogP contribution in [0.5, 0.6) is 0 Å². The van der Waals surface area contributed by atoms with Crippen LogP contribution in [-0.4, -0.2) is 22.2 Å². The van der Waals surface area contributed by atoms with Crippen molar-refractivity contribution >= 4 is 21.7 Å². The van der Waals surface area contributed by atoms with Gasteiger partial charge >= 0.3 is 6.18 Å². The second kappa shape index (κ2) is 4.34. The second-order valence-corrected chi connectivity index (χ2v) is 3.84. The van der Waals surface area contributed by atoms with Gasteiger partial charge in [-0.3, -0.25) is 0 Å². The lowest BCUT2D eigenvalue weighted by Gasteiger charge is -2.17. The fourth-order valence-electron chi connectivity index (χ4n) is 0.909. The molecule has 0 aliphatic rings. The minimum absolute atomic E-state index is 0.152. The van der Waals surface area contributed by atoms with Gasteiger partial charge in [0.25, 0.3) is 0 Å². The van der Waals surface area contributed by atoms with Crippen molar-refractivity contribution in [3.8, 4) is 0 Å². The third-order valence-electron chi connectivity index (χ3n) is 1.66. The number of alkyl halides is 3. The first-order chi connectivity index (χ1) is 6.79. The largest absolute Gasteiger partial charge is 0.408 e. The van der Waals surface area contributed by atoms with Crippen molar-refractivity contribution in [2.24, 2.45) is 0 Å². The van der Waals surface area contributed by atoms with Gasteiger partial charge in [0.15, 0.2) is 0 Å². The number of halogens is 4. The van der Waals surface area contributed by atoms with E-state index in [2.05, 4.69) is 31.2 Å². The van der Waals surface area contributed by atoms with Gasteiger partial charge in [-0.15, -0.1) is 0 Å². The highest BCUT2D eigenvalue weighted by molar-refractivity contribution is 9.10.